The topological polar surface area (TPSA) is 137 Å². The van der Waals surface area contributed by atoms with E-state index in [-0.39, 0.29) is 32.6 Å². The number of carbonyl (C=O) groups excluding carboxylic acids is 1. The van der Waals surface area contributed by atoms with Crippen molar-refractivity contribution in [1.82, 2.24) is 19.6 Å². The van der Waals surface area contributed by atoms with Crippen LogP contribution in [-0.2, 0) is 10.0 Å². The lowest BCUT2D eigenvalue weighted by molar-refractivity contribution is 0.00153. The molecule has 3 aromatic carbocycles. The van der Waals surface area contributed by atoms with Gasteiger partial charge >= 0.3 is 0 Å². The molecule has 2 fully saturated rings. The Morgan fingerprint density at radius 1 is 0.934 bits per heavy atom. The molecule has 2 aromatic heterocycles. The molecule has 2 aliphatic carbocycles. The van der Waals surface area contributed by atoms with Gasteiger partial charge in [-0.25, -0.2) is 18.1 Å². The van der Waals surface area contributed by atoms with Crippen molar-refractivity contribution in [3.63, 3.8) is 0 Å². The van der Waals surface area contributed by atoms with Crippen LogP contribution in [0.5, 0.6) is 17.2 Å². The fourth-order valence-electron chi connectivity index (χ4n) is 8.66. The van der Waals surface area contributed by atoms with Crippen molar-refractivity contribution in [3.05, 3.63) is 112 Å². The maximum absolute atomic E-state index is 13.9. The summed E-state index contributed by atoms with van der Waals surface area (Å²) in [6.45, 7) is 11.1. The second-order valence-electron chi connectivity index (χ2n) is 17.8. The summed E-state index contributed by atoms with van der Waals surface area (Å²) in [5, 5.41) is 11.9. The molecule has 5 aromatic rings. The van der Waals surface area contributed by atoms with Gasteiger partial charge in [0.2, 0.25) is 0 Å². The van der Waals surface area contributed by atoms with E-state index >= 15 is 0 Å². The van der Waals surface area contributed by atoms with E-state index in [0.29, 0.717) is 36.6 Å². The number of nitrogens with zero attached hydrogens (tertiary/aromatic N) is 3. The van der Waals surface area contributed by atoms with Gasteiger partial charge in [-0.05, 0) is 129 Å². The van der Waals surface area contributed by atoms with Gasteiger partial charge in [0, 0.05) is 61.1 Å². The number of H-pyrrole nitrogens is 1. The highest BCUT2D eigenvalue weighted by Crippen LogP contribution is 2.44. The van der Waals surface area contributed by atoms with Crippen LogP contribution in [0.1, 0.15) is 81.6 Å². The minimum absolute atomic E-state index is 0.0412. The van der Waals surface area contributed by atoms with Gasteiger partial charge < -0.3 is 24.5 Å². The van der Waals surface area contributed by atoms with Gasteiger partial charge in [-0.15, -0.1) is 0 Å². The summed E-state index contributed by atoms with van der Waals surface area (Å²) in [6, 6.07) is 21.3. The Kier molecular flexibility index (Phi) is 12.5. The molecular formula is C47H53Cl2N5O6S. The number of piperazine rings is 1. The molecule has 322 valence electrons. The van der Waals surface area contributed by atoms with Crippen LogP contribution in [-0.4, -0.2) is 79.2 Å². The zero-order chi connectivity index (χ0) is 42.9. The zero-order valence-corrected chi connectivity index (χ0v) is 37.2. The van der Waals surface area contributed by atoms with Gasteiger partial charge in [0.25, 0.3) is 15.9 Å². The molecule has 8 rings (SSSR count). The number of pyridine rings is 1. The number of allylic oxidation sites excluding steroid dienone is 1. The summed E-state index contributed by atoms with van der Waals surface area (Å²) >= 11 is 12.8. The number of hydrogen-bond acceptors (Lipinski definition) is 9. The van der Waals surface area contributed by atoms with Gasteiger partial charge in [0.05, 0.1) is 33.9 Å². The first-order valence-corrected chi connectivity index (χ1v) is 23.2. The minimum atomic E-state index is -4.35. The highest BCUT2D eigenvalue weighted by molar-refractivity contribution is 7.90. The molecule has 3 aliphatic rings. The van der Waals surface area contributed by atoms with Crippen LogP contribution in [0.15, 0.2) is 95.7 Å². The summed E-state index contributed by atoms with van der Waals surface area (Å²) in [5.41, 5.74) is 5.33. The first kappa shape index (κ1) is 43.1. The third-order valence-corrected chi connectivity index (χ3v) is 14.3. The summed E-state index contributed by atoms with van der Waals surface area (Å²) in [6.07, 6.45) is 9.64. The second kappa shape index (κ2) is 17.6. The lowest BCUT2D eigenvalue weighted by Crippen LogP contribution is -2.47. The average molecular weight is 887 g/mol. The number of aromatic amines is 1. The van der Waals surface area contributed by atoms with Crippen LogP contribution in [0.3, 0.4) is 0 Å². The maximum Gasteiger partial charge on any atom is 0.268 e. The largest absolute Gasteiger partial charge is 0.492 e. The van der Waals surface area contributed by atoms with Crippen molar-refractivity contribution < 1.29 is 27.8 Å². The van der Waals surface area contributed by atoms with Crippen molar-refractivity contribution >= 4 is 61.4 Å². The molecule has 1 aliphatic heterocycles. The van der Waals surface area contributed by atoms with Crippen molar-refractivity contribution in [2.24, 2.45) is 11.3 Å². The Morgan fingerprint density at radius 3 is 2.43 bits per heavy atom. The molecule has 0 spiro atoms. The smallest absolute Gasteiger partial charge is 0.268 e. The maximum atomic E-state index is 13.9. The first-order valence-electron chi connectivity index (χ1n) is 21.0. The van der Waals surface area contributed by atoms with E-state index in [9.17, 15) is 18.3 Å². The van der Waals surface area contributed by atoms with E-state index in [0.717, 1.165) is 80.9 Å². The number of fused-ring (bicyclic) bond motifs is 1. The second-order valence-corrected chi connectivity index (χ2v) is 20.4. The molecule has 0 unspecified atom stereocenters. The van der Waals surface area contributed by atoms with Crippen molar-refractivity contribution in [3.8, 4) is 17.2 Å². The molecule has 0 radical (unpaired) electrons. The number of benzene rings is 3. The standard InChI is InChI=1S/C47H53Cl2N5O6S/c1-46(2)16-14-34(40(27-46)32-4-6-35(48)7-5-32)29-53-20-22-54(23-21-53)36-8-10-39(43(25-36)60-37-24-33-15-19-50-44(33)51-28-37)45(55)52-61(57,58)38-9-11-42(41(49)26-38)59-30-31-12-17-47(3,56)18-13-31/h4-11,15,19,24-26,28,31,56H,12-14,16-18,20-23,27,29-30H2,1-3H3,(H,50,51)(H,52,55). The van der Waals surface area contributed by atoms with Crippen molar-refractivity contribution in [2.75, 3.05) is 44.2 Å². The lowest BCUT2D eigenvalue weighted by Gasteiger charge is -2.39. The van der Waals surface area contributed by atoms with E-state index in [1.807, 2.05) is 37.3 Å². The summed E-state index contributed by atoms with van der Waals surface area (Å²) in [7, 11) is -4.35. The van der Waals surface area contributed by atoms with Crippen LogP contribution >= 0.6 is 23.2 Å². The Hall–Kier alpha value is -4.59. The monoisotopic (exact) mass is 885 g/mol. The first-order chi connectivity index (χ1) is 29.1. The predicted octanol–water partition coefficient (Wildman–Crippen LogP) is 9.89. The Balaban J connectivity index is 0.974. The number of amides is 1. The quantitative estimate of drug-likeness (QED) is 0.112. The number of aromatic nitrogens is 2. The van der Waals surface area contributed by atoms with Crippen molar-refractivity contribution in [1.29, 1.82) is 0 Å². The average Bonchev–Trinajstić information content (AvgIpc) is 3.70. The Bertz CT molecular complexity index is 2540. The minimum Gasteiger partial charge on any atom is -0.492 e. The predicted molar refractivity (Wildman–Crippen MR) is 241 cm³/mol. The highest BCUT2D eigenvalue weighted by Gasteiger charge is 2.31. The van der Waals surface area contributed by atoms with E-state index in [1.165, 1.54) is 34.9 Å². The van der Waals surface area contributed by atoms with Crippen LogP contribution < -0.4 is 19.1 Å². The number of halogens is 2. The van der Waals surface area contributed by atoms with Gasteiger partial charge in [-0.3, -0.25) is 9.69 Å². The molecule has 1 saturated heterocycles. The summed E-state index contributed by atoms with van der Waals surface area (Å²) in [4.78, 5) is 26.0. The van der Waals surface area contributed by atoms with Crippen LogP contribution in [0.2, 0.25) is 10.0 Å². The molecule has 14 heteroatoms. The van der Waals surface area contributed by atoms with Gasteiger partial charge in [-0.1, -0.05) is 54.8 Å². The van der Waals surface area contributed by atoms with E-state index < -0.39 is 21.5 Å². The van der Waals surface area contributed by atoms with Crippen LogP contribution in [0, 0.1) is 11.3 Å². The normalized spacial score (nSPS) is 21.1. The van der Waals surface area contributed by atoms with E-state index in [1.54, 1.807) is 24.5 Å². The molecular weight excluding hydrogens is 834 g/mol. The molecule has 3 heterocycles. The highest BCUT2D eigenvalue weighted by atomic mass is 35.5. The summed E-state index contributed by atoms with van der Waals surface area (Å²) < 4.78 is 41.8. The van der Waals surface area contributed by atoms with Crippen LogP contribution in [0.4, 0.5) is 5.69 Å². The molecule has 3 N–H and O–H groups in total. The van der Waals surface area contributed by atoms with Crippen molar-refractivity contribution in [2.45, 2.75) is 76.2 Å². The van der Waals surface area contributed by atoms with E-state index in [2.05, 4.69) is 50.5 Å². The number of ether oxygens (including phenoxy) is 2. The Morgan fingerprint density at radius 2 is 1.69 bits per heavy atom. The molecule has 1 saturated carbocycles. The summed E-state index contributed by atoms with van der Waals surface area (Å²) in [5.74, 6) is 0.346. The van der Waals surface area contributed by atoms with Crippen LogP contribution in [0.25, 0.3) is 16.6 Å². The van der Waals surface area contributed by atoms with Gasteiger partial charge in [0.15, 0.2) is 0 Å². The number of aliphatic hydroxyl groups is 1. The molecule has 11 nitrogen and oxygen atoms in total. The molecule has 1 amide bonds. The number of sulfonamides is 1. The molecule has 61 heavy (non-hydrogen) atoms. The lowest BCUT2D eigenvalue weighted by atomic mass is 9.72. The zero-order valence-electron chi connectivity index (χ0n) is 34.8. The third-order valence-electron chi connectivity index (χ3n) is 12.4. The number of rotatable bonds is 12. The fraction of sp³-hybridized carbons (Fsp3) is 0.404. The number of nitrogens with one attached hydrogen (secondary N) is 2. The van der Waals surface area contributed by atoms with Gasteiger partial charge in [0.1, 0.15) is 22.9 Å². The van der Waals surface area contributed by atoms with E-state index in [4.69, 9.17) is 32.7 Å². The SMILES string of the molecule is CC1(C)CCC(CN2CCN(c3ccc(C(=O)NS(=O)(=O)c4ccc(OCC5CCC(C)(O)CC5)c(Cl)c4)c(Oc4cnc5[nH]ccc5c4)c3)CC2)=C(c2ccc(Cl)cc2)C1. The number of anilines is 1. The Labute approximate surface area is 368 Å². The van der Waals surface area contributed by atoms with Gasteiger partial charge in [-0.2, -0.15) is 0 Å². The number of carbonyl (C=O) groups is 1. The molecule has 0 atom stereocenters. The third kappa shape index (κ3) is 10.4. The number of hydrogen-bond donors (Lipinski definition) is 3. The fourth-order valence-corrected chi connectivity index (χ4v) is 10.1. The molecule has 0 bridgehead atoms.